The normalized spacial score (nSPS) is 16.6. The van der Waals surface area contributed by atoms with E-state index in [0.29, 0.717) is 23.2 Å². The van der Waals surface area contributed by atoms with Gasteiger partial charge in [-0.15, -0.1) is 0 Å². The third-order valence-electron chi connectivity index (χ3n) is 3.85. The average Bonchev–Trinajstić information content (AvgIpc) is 2.40. The number of hydrazine groups is 1. The molecular weight excluding hydrogens is 244 g/mol. The lowest BCUT2D eigenvalue weighted by atomic mass is 9.77. The van der Waals surface area contributed by atoms with Gasteiger partial charge < -0.3 is 14.2 Å². The lowest BCUT2D eigenvalue weighted by Crippen LogP contribution is -2.36. The maximum atomic E-state index is 5.71. The van der Waals surface area contributed by atoms with Gasteiger partial charge in [0.25, 0.3) is 0 Å². The molecule has 5 nitrogen and oxygen atoms in total. The predicted molar refractivity (Wildman–Crippen MR) is 73.5 cm³/mol. The molecule has 1 aliphatic rings. The summed E-state index contributed by atoms with van der Waals surface area (Å²) in [5.74, 6) is 8.22. The SMILES string of the molecule is COc1cc(C(NN)C2CCC2)cc(OC)c1OC. The van der Waals surface area contributed by atoms with E-state index >= 15 is 0 Å². The number of nitrogens with one attached hydrogen (secondary N) is 1. The molecular formula is C14H22N2O3. The smallest absolute Gasteiger partial charge is 0.203 e. The van der Waals surface area contributed by atoms with Crippen molar-refractivity contribution in [2.24, 2.45) is 11.8 Å². The highest BCUT2D eigenvalue weighted by Gasteiger charge is 2.29. The van der Waals surface area contributed by atoms with Crippen LogP contribution in [0.25, 0.3) is 0 Å². The zero-order chi connectivity index (χ0) is 13.8. The minimum absolute atomic E-state index is 0.127. The number of hydrogen-bond acceptors (Lipinski definition) is 5. The summed E-state index contributed by atoms with van der Waals surface area (Å²) < 4.78 is 16.1. The largest absolute Gasteiger partial charge is 0.493 e. The molecule has 2 rings (SSSR count). The van der Waals surface area contributed by atoms with Crippen LogP contribution in [-0.2, 0) is 0 Å². The maximum absolute atomic E-state index is 5.71. The Kier molecular flexibility index (Phi) is 4.50. The Hall–Kier alpha value is -1.46. The molecule has 0 aromatic heterocycles. The van der Waals surface area contributed by atoms with Crippen LogP contribution in [0.2, 0.25) is 0 Å². The second-order valence-electron chi connectivity index (χ2n) is 4.79. The number of hydrogen-bond donors (Lipinski definition) is 2. The first-order valence-corrected chi connectivity index (χ1v) is 6.51. The zero-order valence-corrected chi connectivity index (χ0v) is 11.7. The van der Waals surface area contributed by atoms with E-state index in [1.807, 2.05) is 12.1 Å². The first-order chi connectivity index (χ1) is 9.24. The summed E-state index contributed by atoms with van der Waals surface area (Å²) in [6, 6.07) is 4.05. The summed E-state index contributed by atoms with van der Waals surface area (Å²) in [6.07, 6.45) is 3.67. The van der Waals surface area contributed by atoms with Crippen LogP contribution in [0.4, 0.5) is 0 Å². The van der Waals surface area contributed by atoms with Gasteiger partial charge in [0.1, 0.15) is 0 Å². The van der Waals surface area contributed by atoms with E-state index in [0.717, 1.165) is 5.56 Å². The number of ether oxygens (including phenoxy) is 3. The summed E-state index contributed by atoms with van der Waals surface area (Å²) in [5, 5.41) is 0. The van der Waals surface area contributed by atoms with Gasteiger partial charge >= 0.3 is 0 Å². The molecule has 19 heavy (non-hydrogen) atoms. The van der Waals surface area contributed by atoms with Crippen LogP contribution in [0.3, 0.4) is 0 Å². The lowest BCUT2D eigenvalue weighted by molar-refractivity contribution is 0.231. The van der Waals surface area contributed by atoms with Crippen LogP contribution in [0.15, 0.2) is 12.1 Å². The summed E-state index contributed by atoms with van der Waals surface area (Å²) in [5.41, 5.74) is 3.98. The fraction of sp³-hybridized carbons (Fsp3) is 0.571. The zero-order valence-electron chi connectivity index (χ0n) is 11.7. The Morgan fingerprint density at radius 1 is 1.11 bits per heavy atom. The van der Waals surface area contributed by atoms with Gasteiger partial charge in [-0.2, -0.15) is 0 Å². The van der Waals surface area contributed by atoms with Gasteiger partial charge in [-0.3, -0.25) is 11.3 Å². The molecule has 3 N–H and O–H groups in total. The van der Waals surface area contributed by atoms with Gasteiger partial charge in [-0.1, -0.05) is 6.42 Å². The van der Waals surface area contributed by atoms with E-state index in [-0.39, 0.29) is 6.04 Å². The van der Waals surface area contributed by atoms with Gasteiger partial charge in [0.2, 0.25) is 5.75 Å². The molecule has 0 heterocycles. The van der Waals surface area contributed by atoms with Gasteiger partial charge in [0.15, 0.2) is 11.5 Å². The molecule has 0 radical (unpaired) electrons. The van der Waals surface area contributed by atoms with Crippen molar-refractivity contribution in [2.45, 2.75) is 25.3 Å². The first-order valence-electron chi connectivity index (χ1n) is 6.51. The molecule has 0 aliphatic heterocycles. The molecule has 1 aliphatic carbocycles. The van der Waals surface area contributed by atoms with Gasteiger partial charge in [0.05, 0.1) is 21.3 Å². The molecule has 1 unspecified atom stereocenters. The molecule has 0 saturated heterocycles. The highest BCUT2D eigenvalue weighted by atomic mass is 16.5. The van der Waals surface area contributed by atoms with E-state index in [2.05, 4.69) is 5.43 Å². The first kappa shape index (κ1) is 14.0. The Morgan fingerprint density at radius 2 is 1.68 bits per heavy atom. The predicted octanol–water partition coefficient (Wildman–Crippen LogP) is 2.02. The van der Waals surface area contributed by atoms with Crippen molar-refractivity contribution in [3.8, 4) is 17.2 Å². The number of nitrogens with two attached hydrogens (primary N) is 1. The topological polar surface area (TPSA) is 65.7 Å². The maximum Gasteiger partial charge on any atom is 0.203 e. The van der Waals surface area contributed by atoms with E-state index in [4.69, 9.17) is 20.1 Å². The molecule has 0 bridgehead atoms. The minimum Gasteiger partial charge on any atom is -0.493 e. The third-order valence-corrected chi connectivity index (χ3v) is 3.85. The molecule has 1 aromatic carbocycles. The third kappa shape index (κ3) is 2.62. The van der Waals surface area contributed by atoms with Crippen molar-refractivity contribution in [3.05, 3.63) is 17.7 Å². The van der Waals surface area contributed by atoms with Crippen LogP contribution in [0.1, 0.15) is 30.9 Å². The van der Waals surface area contributed by atoms with E-state index in [1.165, 1.54) is 19.3 Å². The highest BCUT2D eigenvalue weighted by Crippen LogP contribution is 2.43. The van der Waals surface area contributed by atoms with Crippen molar-refractivity contribution in [1.29, 1.82) is 0 Å². The van der Waals surface area contributed by atoms with Crippen LogP contribution in [-0.4, -0.2) is 21.3 Å². The summed E-state index contributed by atoms with van der Waals surface area (Å²) in [7, 11) is 4.84. The Balaban J connectivity index is 2.39. The molecule has 106 valence electrons. The number of rotatable bonds is 6. The molecule has 5 heteroatoms. The Morgan fingerprint density at radius 3 is 2.00 bits per heavy atom. The number of benzene rings is 1. The van der Waals surface area contributed by atoms with E-state index < -0.39 is 0 Å². The minimum atomic E-state index is 0.127. The van der Waals surface area contributed by atoms with Crippen molar-refractivity contribution in [2.75, 3.05) is 21.3 Å². The second kappa shape index (κ2) is 6.12. The van der Waals surface area contributed by atoms with Crippen LogP contribution in [0.5, 0.6) is 17.2 Å². The summed E-state index contributed by atoms with van der Waals surface area (Å²) in [6.45, 7) is 0. The Bertz CT molecular complexity index is 408. The van der Waals surface area contributed by atoms with Crippen LogP contribution < -0.4 is 25.5 Å². The van der Waals surface area contributed by atoms with Gasteiger partial charge in [-0.05, 0) is 36.5 Å². The van der Waals surface area contributed by atoms with Crippen molar-refractivity contribution >= 4 is 0 Å². The highest BCUT2D eigenvalue weighted by molar-refractivity contribution is 5.54. The fourth-order valence-electron chi connectivity index (χ4n) is 2.56. The standard InChI is InChI=1S/C14H22N2O3/c1-17-11-7-10(8-12(18-2)14(11)19-3)13(16-15)9-5-4-6-9/h7-9,13,16H,4-6,15H2,1-3H3. The molecule has 1 fully saturated rings. The monoisotopic (exact) mass is 266 g/mol. The molecule has 1 aromatic rings. The molecule has 1 atom stereocenters. The van der Waals surface area contributed by atoms with Gasteiger partial charge in [0, 0.05) is 6.04 Å². The van der Waals surface area contributed by atoms with Crippen molar-refractivity contribution in [1.82, 2.24) is 5.43 Å². The van der Waals surface area contributed by atoms with E-state index in [1.54, 1.807) is 21.3 Å². The quantitative estimate of drug-likeness (QED) is 0.609. The molecule has 0 amide bonds. The fourth-order valence-corrected chi connectivity index (χ4v) is 2.56. The van der Waals surface area contributed by atoms with Crippen molar-refractivity contribution in [3.63, 3.8) is 0 Å². The summed E-state index contributed by atoms with van der Waals surface area (Å²) >= 11 is 0. The molecule has 0 spiro atoms. The van der Waals surface area contributed by atoms with Crippen LogP contribution >= 0.6 is 0 Å². The van der Waals surface area contributed by atoms with Crippen LogP contribution in [0, 0.1) is 5.92 Å². The lowest BCUT2D eigenvalue weighted by Gasteiger charge is -2.34. The Labute approximate surface area is 114 Å². The number of methoxy groups -OCH3 is 3. The van der Waals surface area contributed by atoms with E-state index in [9.17, 15) is 0 Å². The second-order valence-corrected chi connectivity index (χ2v) is 4.79. The molecule has 1 saturated carbocycles. The summed E-state index contributed by atoms with van der Waals surface area (Å²) in [4.78, 5) is 0. The average molecular weight is 266 g/mol. The van der Waals surface area contributed by atoms with Crippen molar-refractivity contribution < 1.29 is 14.2 Å². The van der Waals surface area contributed by atoms with Gasteiger partial charge in [-0.25, -0.2) is 0 Å².